The molecule has 7 heteroatoms. The highest BCUT2D eigenvalue weighted by molar-refractivity contribution is 6.31. The Hall–Kier alpha value is -3.22. The van der Waals surface area contributed by atoms with Crippen molar-refractivity contribution in [1.29, 1.82) is 0 Å². The van der Waals surface area contributed by atoms with Crippen LogP contribution in [0.4, 0.5) is 4.79 Å². The number of piperidine rings is 1. The monoisotopic (exact) mass is 516 g/mol. The lowest BCUT2D eigenvalue weighted by molar-refractivity contribution is -0.122. The van der Waals surface area contributed by atoms with Crippen LogP contribution in [-0.4, -0.2) is 70.3 Å². The molecule has 192 valence electrons. The highest BCUT2D eigenvalue weighted by Gasteiger charge is 2.43. The van der Waals surface area contributed by atoms with Crippen LogP contribution in [-0.2, 0) is 17.8 Å². The van der Waals surface area contributed by atoms with E-state index in [1.54, 1.807) is 24.3 Å². The maximum atomic E-state index is 13.5. The first kappa shape index (κ1) is 25.4. The summed E-state index contributed by atoms with van der Waals surface area (Å²) >= 11 is 6.18. The van der Waals surface area contributed by atoms with Crippen LogP contribution in [0.3, 0.4) is 0 Å². The number of benzene rings is 2. The number of aromatic nitrogens is 1. The Kier molecular flexibility index (Phi) is 7.58. The quantitative estimate of drug-likeness (QED) is 0.432. The molecule has 2 aliphatic heterocycles. The van der Waals surface area contributed by atoms with Gasteiger partial charge in [0.15, 0.2) is 5.78 Å². The number of pyridine rings is 1. The molecule has 2 fully saturated rings. The summed E-state index contributed by atoms with van der Waals surface area (Å²) in [5.74, 6) is 0.101. The minimum absolute atomic E-state index is 0.0318. The van der Waals surface area contributed by atoms with Gasteiger partial charge in [-0.05, 0) is 65.8 Å². The number of carbonyl (C=O) groups is 2. The van der Waals surface area contributed by atoms with E-state index in [-0.39, 0.29) is 17.9 Å². The number of likely N-dealkylation sites (N-methyl/N-ethyl adjacent to an activating group) is 1. The summed E-state index contributed by atoms with van der Waals surface area (Å²) in [4.78, 5) is 36.7. The molecular weight excluding hydrogens is 484 g/mol. The molecule has 2 aliphatic rings. The lowest BCUT2D eigenvalue weighted by Crippen LogP contribution is -2.51. The van der Waals surface area contributed by atoms with E-state index in [1.165, 1.54) is 5.56 Å². The van der Waals surface area contributed by atoms with Gasteiger partial charge in [0.1, 0.15) is 6.04 Å². The molecule has 0 N–H and O–H groups in total. The number of aryl methyl sites for hydroxylation is 1. The molecule has 0 spiro atoms. The van der Waals surface area contributed by atoms with Crippen molar-refractivity contribution in [2.75, 3.05) is 26.7 Å². The Balaban J connectivity index is 1.24. The van der Waals surface area contributed by atoms with Gasteiger partial charge in [0, 0.05) is 63.1 Å². The molecule has 0 unspecified atom stereocenters. The molecule has 0 saturated carbocycles. The van der Waals surface area contributed by atoms with E-state index >= 15 is 0 Å². The number of carbonyl (C=O) groups excluding carboxylic acids is 2. The maximum absolute atomic E-state index is 13.5. The van der Waals surface area contributed by atoms with Crippen LogP contribution >= 0.6 is 11.6 Å². The van der Waals surface area contributed by atoms with Crippen molar-refractivity contribution in [1.82, 2.24) is 19.7 Å². The summed E-state index contributed by atoms with van der Waals surface area (Å²) in [7, 11) is 1.80. The Morgan fingerprint density at radius 3 is 2.49 bits per heavy atom. The summed E-state index contributed by atoms with van der Waals surface area (Å²) in [6.07, 6.45) is 5.59. The third-order valence-electron chi connectivity index (χ3n) is 7.60. The largest absolute Gasteiger partial charge is 0.325 e. The first-order valence-electron chi connectivity index (χ1n) is 12.9. The molecule has 0 aliphatic carbocycles. The molecule has 2 amide bonds. The smallest absolute Gasteiger partial charge is 0.320 e. The van der Waals surface area contributed by atoms with E-state index in [4.69, 9.17) is 11.6 Å². The van der Waals surface area contributed by atoms with Crippen molar-refractivity contribution in [2.24, 2.45) is 0 Å². The van der Waals surface area contributed by atoms with Crippen LogP contribution in [0.25, 0.3) is 11.1 Å². The number of ketones is 1. The molecule has 2 aromatic carbocycles. The number of urea groups is 1. The number of hydrogen-bond donors (Lipinski definition) is 0. The Labute approximate surface area is 223 Å². The average molecular weight is 517 g/mol. The van der Waals surface area contributed by atoms with Crippen LogP contribution in [0.2, 0.25) is 5.02 Å². The molecule has 0 bridgehead atoms. The summed E-state index contributed by atoms with van der Waals surface area (Å²) < 4.78 is 0. The van der Waals surface area contributed by atoms with Gasteiger partial charge in [-0.2, -0.15) is 0 Å². The van der Waals surface area contributed by atoms with Crippen molar-refractivity contribution >= 4 is 23.4 Å². The Morgan fingerprint density at radius 1 is 1.00 bits per heavy atom. The van der Waals surface area contributed by atoms with Crippen LogP contribution in [0.1, 0.15) is 29.5 Å². The van der Waals surface area contributed by atoms with E-state index in [0.717, 1.165) is 59.8 Å². The van der Waals surface area contributed by atoms with Crippen molar-refractivity contribution < 1.29 is 9.59 Å². The van der Waals surface area contributed by atoms with Crippen LogP contribution < -0.4 is 0 Å². The van der Waals surface area contributed by atoms with Crippen LogP contribution in [0.5, 0.6) is 0 Å². The fourth-order valence-electron chi connectivity index (χ4n) is 5.57. The minimum atomic E-state index is -0.405. The van der Waals surface area contributed by atoms with E-state index in [2.05, 4.69) is 28.1 Å². The zero-order valence-electron chi connectivity index (χ0n) is 21.4. The minimum Gasteiger partial charge on any atom is -0.325 e. The summed E-state index contributed by atoms with van der Waals surface area (Å²) in [5.41, 5.74) is 5.44. The molecule has 3 heterocycles. The second-order valence-corrected chi connectivity index (χ2v) is 10.7. The predicted octanol–water partition coefficient (Wildman–Crippen LogP) is 5.22. The fourth-order valence-corrected chi connectivity index (χ4v) is 5.68. The van der Waals surface area contributed by atoms with Crippen LogP contribution in [0, 0.1) is 6.92 Å². The normalized spacial score (nSPS) is 19.0. The molecule has 3 aromatic rings. The number of Topliss-reactive ketones (excluding diaryl/α,β-unsaturated/α-hetero) is 1. The van der Waals surface area contributed by atoms with Crippen LogP contribution in [0.15, 0.2) is 67.0 Å². The number of hydrogen-bond acceptors (Lipinski definition) is 4. The van der Waals surface area contributed by atoms with E-state index in [9.17, 15) is 9.59 Å². The van der Waals surface area contributed by atoms with E-state index in [0.29, 0.717) is 13.0 Å². The molecule has 1 aromatic heterocycles. The van der Waals surface area contributed by atoms with Crippen molar-refractivity contribution in [3.8, 4) is 11.1 Å². The zero-order valence-corrected chi connectivity index (χ0v) is 22.2. The number of nitrogens with zero attached hydrogens (tertiary/aromatic N) is 4. The Morgan fingerprint density at radius 2 is 1.76 bits per heavy atom. The third kappa shape index (κ3) is 5.71. The van der Waals surface area contributed by atoms with Gasteiger partial charge in [-0.3, -0.25) is 14.7 Å². The van der Waals surface area contributed by atoms with Gasteiger partial charge in [-0.25, -0.2) is 4.79 Å². The molecule has 1 atom stereocenters. The second kappa shape index (κ2) is 11.0. The SMILES string of the molecule is Cc1cc(CN2CCC(N3C(=O)N(C)C[C@@H]3C(=O)Cc3cccc(-c4ccncc4)c3)CC2)ccc1Cl. The van der Waals surface area contributed by atoms with Gasteiger partial charge in [0.05, 0.1) is 0 Å². The summed E-state index contributed by atoms with van der Waals surface area (Å²) in [5, 5.41) is 0.791. The van der Waals surface area contributed by atoms with Gasteiger partial charge >= 0.3 is 6.03 Å². The maximum Gasteiger partial charge on any atom is 0.320 e. The number of amides is 2. The lowest BCUT2D eigenvalue weighted by atomic mass is 9.96. The fraction of sp³-hybridized carbons (Fsp3) is 0.367. The highest BCUT2D eigenvalue weighted by Crippen LogP contribution is 2.28. The number of rotatable bonds is 7. The van der Waals surface area contributed by atoms with Gasteiger partial charge in [0.2, 0.25) is 0 Å². The van der Waals surface area contributed by atoms with Crippen molar-refractivity contribution in [3.05, 3.63) is 88.7 Å². The van der Waals surface area contributed by atoms with E-state index in [1.807, 2.05) is 48.2 Å². The van der Waals surface area contributed by atoms with Crippen molar-refractivity contribution in [2.45, 2.75) is 44.8 Å². The molecule has 6 nitrogen and oxygen atoms in total. The van der Waals surface area contributed by atoms with Gasteiger partial charge in [-0.1, -0.05) is 48.0 Å². The molecule has 0 radical (unpaired) electrons. The molecule has 37 heavy (non-hydrogen) atoms. The highest BCUT2D eigenvalue weighted by atomic mass is 35.5. The standard InChI is InChI=1S/C30H33ClN4O2/c1-21-16-23(6-7-27(21)31)19-34-14-10-26(11-15-34)35-28(20-33(2)30(35)37)29(36)18-22-4-3-5-25(17-22)24-8-12-32-13-9-24/h3-9,12-13,16-17,26,28H,10-11,14-15,18-20H2,1-2H3/t28-/m1/s1. The van der Waals surface area contributed by atoms with Crippen molar-refractivity contribution in [3.63, 3.8) is 0 Å². The summed E-state index contributed by atoms with van der Waals surface area (Å²) in [6.45, 7) is 5.14. The number of halogens is 1. The van der Waals surface area contributed by atoms with Gasteiger partial charge in [-0.15, -0.1) is 0 Å². The van der Waals surface area contributed by atoms with E-state index < -0.39 is 6.04 Å². The van der Waals surface area contributed by atoms with Gasteiger partial charge in [0.25, 0.3) is 0 Å². The second-order valence-electron chi connectivity index (χ2n) is 10.3. The predicted molar refractivity (Wildman–Crippen MR) is 147 cm³/mol. The molecule has 2 saturated heterocycles. The number of likely N-dealkylation sites (tertiary alicyclic amines) is 1. The average Bonchev–Trinajstić information content (AvgIpc) is 3.21. The topological polar surface area (TPSA) is 56.8 Å². The molecular formula is C30H33ClN4O2. The summed E-state index contributed by atoms with van der Waals surface area (Å²) in [6, 6.07) is 17.8. The molecule has 5 rings (SSSR count). The van der Waals surface area contributed by atoms with Gasteiger partial charge < -0.3 is 9.80 Å². The lowest BCUT2D eigenvalue weighted by Gasteiger charge is -2.38. The first-order valence-corrected chi connectivity index (χ1v) is 13.3. The zero-order chi connectivity index (χ0) is 25.9. The Bertz CT molecular complexity index is 1270. The first-order chi connectivity index (χ1) is 17.9. The third-order valence-corrected chi connectivity index (χ3v) is 8.02.